The van der Waals surface area contributed by atoms with E-state index in [2.05, 4.69) is 83.6 Å². The summed E-state index contributed by atoms with van der Waals surface area (Å²) in [5, 5.41) is 9.59. The van der Waals surface area contributed by atoms with E-state index in [4.69, 9.17) is 5.73 Å². The van der Waals surface area contributed by atoms with E-state index in [1.165, 1.54) is 10.5 Å². The molecule has 3 nitrogen and oxygen atoms in total. The molecule has 0 radical (unpaired) electrons. The van der Waals surface area contributed by atoms with Crippen LogP contribution in [0.25, 0.3) is 40.7 Å². The van der Waals surface area contributed by atoms with Crippen molar-refractivity contribution < 1.29 is 0 Å². The SMILES string of the molecule is C=C(N)c1c(/C=C\C)c2c(n1-c1ccccc1-c1ccc3c(c1)SC1C=C(C#N)C=CC31)C=C=C2. The van der Waals surface area contributed by atoms with Gasteiger partial charge in [0.05, 0.1) is 23.1 Å². The zero-order chi connectivity index (χ0) is 24.1. The fourth-order valence-electron chi connectivity index (χ4n) is 5.28. The Hall–Kier alpha value is -4.16. The maximum absolute atomic E-state index is 9.31. The highest BCUT2D eigenvalue weighted by Gasteiger charge is 2.33. The van der Waals surface area contributed by atoms with Gasteiger partial charge in [0, 0.05) is 50.1 Å². The lowest BCUT2D eigenvalue weighted by Gasteiger charge is -2.18. The number of nitriles is 1. The highest BCUT2D eigenvalue weighted by molar-refractivity contribution is 8.00. The molecule has 2 aliphatic carbocycles. The number of benzene rings is 2. The van der Waals surface area contributed by atoms with Gasteiger partial charge in [0.25, 0.3) is 0 Å². The Morgan fingerprint density at radius 1 is 1.23 bits per heavy atom. The zero-order valence-corrected chi connectivity index (χ0v) is 20.1. The first-order chi connectivity index (χ1) is 17.1. The van der Waals surface area contributed by atoms with Crippen LogP contribution in [0.15, 0.2) is 89.5 Å². The minimum absolute atomic E-state index is 0.273. The molecule has 2 atom stereocenters. The van der Waals surface area contributed by atoms with Crippen molar-refractivity contribution in [2.45, 2.75) is 23.0 Å². The molecule has 0 saturated heterocycles. The predicted molar refractivity (Wildman–Crippen MR) is 147 cm³/mol. The van der Waals surface area contributed by atoms with Crippen molar-refractivity contribution in [3.05, 3.63) is 113 Å². The zero-order valence-electron chi connectivity index (χ0n) is 19.3. The minimum atomic E-state index is 0.273. The Morgan fingerprint density at radius 2 is 2.09 bits per heavy atom. The molecular formula is C31H23N3S. The quantitative estimate of drug-likeness (QED) is 0.319. The Kier molecular flexibility index (Phi) is 5.04. The van der Waals surface area contributed by atoms with E-state index in [1.807, 2.05) is 43.0 Å². The van der Waals surface area contributed by atoms with Crippen molar-refractivity contribution in [3.63, 3.8) is 0 Å². The van der Waals surface area contributed by atoms with Crippen LogP contribution >= 0.6 is 11.8 Å². The highest BCUT2D eigenvalue weighted by Crippen LogP contribution is 2.50. The van der Waals surface area contributed by atoms with E-state index in [-0.39, 0.29) is 5.25 Å². The van der Waals surface area contributed by atoms with Gasteiger partial charge in [-0.3, -0.25) is 0 Å². The van der Waals surface area contributed by atoms with Crippen LogP contribution < -0.4 is 5.73 Å². The lowest BCUT2D eigenvalue weighted by molar-refractivity contribution is 0.876. The normalized spacial score (nSPS) is 18.9. The molecule has 0 fully saturated rings. The van der Waals surface area contributed by atoms with E-state index >= 15 is 0 Å². The summed E-state index contributed by atoms with van der Waals surface area (Å²) in [7, 11) is 0. The summed E-state index contributed by atoms with van der Waals surface area (Å²) < 4.78 is 2.21. The summed E-state index contributed by atoms with van der Waals surface area (Å²) in [5.41, 5.74) is 19.7. The van der Waals surface area contributed by atoms with Crippen LogP contribution in [-0.4, -0.2) is 9.82 Å². The largest absolute Gasteiger partial charge is 0.397 e. The van der Waals surface area contributed by atoms with Gasteiger partial charge in [0.2, 0.25) is 0 Å². The molecule has 0 spiro atoms. The fourth-order valence-corrected chi connectivity index (χ4v) is 6.71. The summed E-state index contributed by atoms with van der Waals surface area (Å²) >= 11 is 1.84. The van der Waals surface area contributed by atoms with Crippen molar-refractivity contribution in [1.29, 1.82) is 5.26 Å². The number of fused-ring (bicyclic) bond motifs is 4. The molecule has 3 aromatic rings. The second-order valence-electron chi connectivity index (χ2n) is 8.85. The van der Waals surface area contributed by atoms with Crippen molar-refractivity contribution >= 4 is 35.7 Å². The lowest BCUT2D eigenvalue weighted by atomic mass is 9.89. The predicted octanol–water partition coefficient (Wildman–Crippen LogP) is 7.32. The summed E-state index contributed by atoms with van der Waals surface area (Å²) in [6.07, 6.45) is 14.3. The maximum Gasteiger partial charge on any atom is 0.0988 e. The summed E-state index contributed by atoms with van der Waals surface area (Å²) in [6.45, 7) is 6.12. The molecule has 2 heterocycles. The first-order valence-electron chi connectivity index (χ1n) is 11.6. The van der Waals surface area contributed by atoms with Crippen molar-refractivity contribution in [2.75, 3.05) is 0 Å². The smallest absolute Gasteiger partial charge is 0.0988 e. The Morgan fingerprint density at radius 3 is 2.89 bits per heavy atom. The third-order valence-electron chi connectivity index (χ3n) is 6.77. The van der Waals surface area contributed by atoms with Crippen LogP contribution in [0.5, 0.6) is 0 Å². The van der Waals surface area contributed by atoms with Crippen LogP contribution in [0.4, 0.5) is 0 Å². The van der Waals surface area contributed by atoms with Gasteiger partial charge in [-0.15, -0.1) is 17.5 Å². The van der Waals surface area contributed by atoms with E-state index in [0.29, 0.717) is 11.6 Å². The summed E-state index contributed by atoms with van der Waals surface area (Å²) in [5.74, 6) is 0.316. The topological polar surface area (TPSA) is 54.7 Å². The van der Waals surface area contributed by atoms with Crippen molar-refractivity contribution in [2.24, 2.45) is 5.73 Å². The Labute approximate surface area is 209 Å². The number of nitrogens with zero attached hydrogens (tertiary/aromatic N) is 2. The molecule has 1 aliphatic heterocycles. The molecule has 2 N–H and O–H groups in total. The van der Waals surface area contributed by atoms with Crippen LogP contribution in [0.2, 0.25) is 0 Å². The molecule has 1 aromatic heterocycles. The first-order valence-corrected chi connectivity index (χ1v) is 12.5. The number of hydrogen-bond acceptors (Lipinski definition) is 3. The average Bonchev–Trinajstić information content (AvgIpc) is 3.56. The second kappa shape index (κ2) is 8.25. The van der Waals surface area contributed by atoms with Gasteiger partial charge >= 0.3 is 0 Å². The molecule has 2 aromatic carbocycles. The van der Waals surface area contributed by atoms with E-state index in [9.17, 15) is 5.26 Å². The molecule has 168 valence electrons. The molecule has 0 bridgehead atoms. The summed E-state index contributed by atoms with van der Waals surface area (Å²) in [6, 6.07) is 17.4. The Bertz CT molecular complexity index is 1610. The molecule has 0 amide bonds. The number of thioether (sulfide) groups is 1. The monoisotopic (exact) mass is 469 g/mol. The first kappa shape index (κ1) is 21.4. The number of allylic oxidation sites excluding steroid dienone is 4. The van der Waals surface area contributed by atoms with Gasteiger partial charge in [-0.05, 0) is 42.3 Å². The van der Waals surface area contributed by atoms with E-state index < -0.39 is 0 Å². The van der Waals surface area contributed by atoms with Gasteiger partial charge in [0.1, 0.15) is 0 Å². The lowest BCUT2D eigenvalue weighted by Crippen LogP contribution is -2.08. The van der Waals surface area contributed by atoms with E-state index in [0.717, 1.165) is 44.9 Å². The van der Waals surface area contributed by atoms with Gasteiger partial charge < -0.3 is 10.3 Å². The molecule has 0 saturated carbocycles. The molecule has 4 heteroatoms. The standard InChI is InChI=1S/C31H23N3S/c1-3-7-26-23-9-6-11-28(23)34(31(26)19(2)33)27-10-5-4-8-22(27)21-13-15-25-24-14-12-20(18-32)16-29(24)35-30(25)17-21/h3-5,7-17,24,29H,2,33H2,1H3/b7-3-. The van der Waals surface area contributed by atoms with Gasteiger partial charge in [-0.1, -0.05) is 61.2 Å². The number of para-hydroxylation sites is 1. The number of hydrogen-bond donors (Lipinski definition) is 1. The maximum atomic E-state index is 9.31. The highest BCUT2D eigenvalue weighted by atomic mass is 32.2. The van der Waals surface area contributed by atoms with Crippen molar-refractivity contribution in [1.82, 2.24) is 4.57 Å². The van der Waals surface area contributed by atoms with Gasteiger partial charge in [-0.2, -0.15) is 5.26 Å². The molecule has 2 unspecified atom stereocenters. The second-order valence-corrected chi connectivity index (χ2v) is 10.1. The number of aromatic nitrogens is 1. The molecule has 35 heavy (non-hydrogen) atoms. The molecule has 6 rings (SSSR count). The van der Waals surface area contributed by atoms with Crippen LogP contribution in [0.1, 0.15) is 40.9 Å². The fraction of sp³-hybridized carbons (Fsp3) is 0.0968. The van der Waals surface area contributed by atoms with Crippen molar-refractivity contribution in [3.8, 4) is 22.9 Å². The van der Waals surface area contributed by atoms with Gasteiger partial charge in [0.15, 0.2) is 0 Å². The van der Waals surface area contributed by atoms with Crippen LogP contribution in [0, 0.1) is 11.3 Å². The van der Waals surface area contributed by atoms with Crippen LogP contribution in [-0.2, 0) is 0 Å². The molecule has 3 aliphatic rings. The third-order valence-corrected chi connectivity index (χ3v) is 8.08. The van der Waals surface area contributed by atoms with Crippen LogP contribution in [0.3, 0.4) is 0 Å². The van der Waals surface area contributed by atoms with Gasteiger partial charge in [-0.25, -0.2) is 0 Å². The van der Waals surface area contributed by atoms with E-state index in [1.54, 1.807) is 0 Å². The number of rotatable bonds is 4. The minimum Gasteiger partial charge on any atom is -0.397 e. The molecular weight excluding hydrogens is 446 g/mol. The Balaban J connectivity index is 1.51. The average molecular weight is 470 g/mol. The third kappa shape index (κ3) is 3.29. The summed E-state index contributed by atoms with van der Waals surface area (Å²) in [4.78, 5) is 1.27. The number of nitrogens with two attached hydrogens (primary N) is 1.